The molecule has 0 atom stereocenters. The topological polar surface area (TPSA) is 50.7 Å². The maximum atomic E-state index is 4.45. The average Bonchev–Trinajstić information content (AvgIpc) is 2.78. The van der Waals surface area contributed by atoms with Crippen LogP contribution in [0, 0.1) is 6.92 Å². The van der Waals surface area contributed by atoms with Crippen molar-refractivity contribution in [3.8, 4) is 10.7 Å². The molecule has 2 heterocycles. The fourth-order valence-electron chi connectivity index (χ4n) is 1.49. The highest BCUT2D eigenvalue weighted by Gasteiger charge is 2.07. The molecule has 0 fully saturated rings. The smallest absolute Gasteiger partial charge is 0.166 e. The Bertz CT molecular complexity index is 481. The van der Waals surface area contributed by atoms with Gasteiger partial charge in [0, 0.05) is 18.7 Å². The Kier molecular flexibility index (Phi) is 4.17. The zero-order valence-corrected chi connectivity index (χ0v) is 10.9. The summed E-state index contributed by atoms with van der Waals surface area (Å²) in [6.45, 7) is 6.02. The summed E-state index contributed by atoms with van der Waals surface area (Å²) in [5.74, 6) is 0. The first-order valence-electron chi connectivity index (χ1n) is 5.76. The third-order valence-corrected chi connectivity index (χ3v) is 3.35. The SMILES string of the molecule is CCNCCc1nnc(-c2cccc(C)n2)s1. The maximum Gasteiger partial charge on any atom is 0.166 e. The van der Waals surface area contributed by atoms with Gasteiger partial charge < -0.3 is 5.32 Å². The second kappa shape index (κ2) is 5.84. The van der Waals surface area contributed by atoms with Gasteiger partial charge in [-0.25, -0.2) is 0 Å². The molecule has 0 bridgehead atoms. The van der Waals surface area contributed by atoms with E-state index in [0.717, 1.165) is 40.9 Å². The predicted molar refractivity (Wildman–Crippen MR) is 70.1 cm³/mol. The third-order valence-electron chi connectivity index (χ3n) is 2.34. The van der Waals surface area contributed by atoms with E-state index >= 15 is 0 Å². The Morgan fingerprint density at radius 2 is 2.18 bits per heavy atom. The number of aromatic nitrogens is 3. The van der Waals surface area contributed by atoms with Crippen molar-refractivity contribution in [2.75, 3.05) is 13.1 Å². The van der Waals surface area contributed by atoms with Gasteiger partial charge in [-0.05, 0) is 25.6 Å². The minimum Gasteiger partial charge on any atom is -0.317 e. The van der Waals surface area contributed by atoms with Gasteiger partial charge in [0.05, 0.1) is 0 Å². The molecule has 5 heteroatoms. The van der Waals surface area contributed by atoms with Crippen molar-refractivity contribution in [2.45, 2.75) is 20.3 Å². The van der Waals surface area contributed by atoms with Crippen LogP contribution in [-0.4, -0.2) is 28.3 Å². The van der Waals surface area contributed by atoms with Crippen molar-refractivity contribution < 1.29 is 0 Å². The van der Waals surface area contributed by atoms with Crippen LogP contribution in [0.3, 0.4) is 0 Å². The third kappa shape index (κ3) is 3.31. The fourth-order valence-corrected chi connectivity index (χ4v) is 2.30. The molecule has 2 aromatic heterocycles. The van der Waals surface area contributed by atoms with Crippen LogP contribution >= 0.6 is 11.3 Å². The molecule has 0 unspecified atom stereocenters. The van der Waals surface area contributed by atoms with Crippen LogP contribution in [0.5, 0.6) is 0 Å². The van der Waals surface area contributed by atoms with Crippen molar-refractivity contribution in [1.29, 1.82) is 0 Å². The Morgan fingerprint density at radius 1 is 1.29 bits per heavy atom. The summed E-state index contributed by atoms with van der Waals surface area (Å²) in [6.07, 6.45) is 0.928. The summed E-state index contributed by atoms with van der Waals surface area (Å²) in [7, 11) is 0. The van der Waals surface area contributed by atoms with Crippen molar-refractivity contribution in [3.63, 3.8) is 0 Å². The average molecular weight is 248 g/mol. The summed E-state index contributed by atoms with van der Waals surface area (Å²) in [5.41, 5.74) is 1.92. The molecule has 0 aliphatic rings. The maximum absolute atomic E-state index is 4.45. The van der Waals surface area contributed by atoms with Gasteiger partial charge in [-0.1, -0.05) is 24.3 Å². The van der Waals surface area contributed by atoms with Crippen LogP contribution in [0.1, 0.15) is 17.6 Å². The normalized spacial score (nSPS) is 10.7. The number of pyridine rings is 1. The first kappa shape index (κ1) is 12.1. The highest BCUT2D eigenvalue weighted by molar-refractivity contribution is 7.14. The van der Waals surface area contributed by atoms with Crippen molar-refractivity contribution >= 4 is 11.3 Å². The lowest BCUT2D eigenvalue weighted by molar-refractivity contribution is 0.710. The first-order chi connectivity index (χ1) is 8.29. The summed E-state index contributed by atoms with van der Waals surface area (Å²) >= 11 is 1.62. The van der Waals surface area contributed by atoms with E-state index in [2.05, 4.69) is 27.4 Å². The van der Waals surface area contributed by atoms with E-state index in [1.54, 1.807) is 11.3 Å². The van der Waals surface area contributed by atoms with E-state index in [4.69, 9.17) is 0 Å². The van der Waals surface area contributed by atoms with Gasteiger partial charge in [0.15, 0.2) is 5.01 Å². The number of nitrogens with zero attached hydrogens (tertiary/aromatic N) is 3. The van der Waals surface area contributed by atoms with Gasteiger partial charge in [0.25, 0.3) is 0 Å². The van der Waals surface area contributed by atoms with Gasteiger partial charge in [-0.3, -0.25) is 4.98 Å². The lowest BCUT2D eigenvalue weighted by Crippen LogP contribution is -2.15. The molecule has 1 N–H and O–H groups in total. The highest BCUT2D eigenvalue weighted by atomic mass is 32.1. The second-order valence-electron chi connectivity index (χ2n) is 3.77. The van der Waals surface area contributed by atoms with Crippen LogP contribution in [0.25, 0.3) is 10.7 Å². The van der Waals surface area contributed by atoms with E-state index < -0.39 is 0 Å². The van der Waals surface area contributed by atoms with Gasteiger partial charge in [0.2, 0.25) is 0 Å². The minimum absolute atomic E-state index is 0.903. The number of nitrogens with one attached hydrogen (secondary N) is 1. The largest absolute Gasteiger partial charge is 0.317 e. The standard InChI is InChI=1S/C12H16N4S/c1-3-13-8-7-11-15-16-12(17-11)10-6-4-5-9(2)14-10/h4-6,13H,3,7-8H2,1-2H3. The summed E-state index contributed by atoms with van der Waals surface area (Å²) in [4.78, 5) is 4.45. The first-order valence-corrected chi connectivity index (χ1v) is 6.58. The van der Waals surface area contributed by atoms with E-state index in [0.29, 0.717) is 0 Å². The van der Waals surface area contributed by atoms with E-state index in [9.17, 15) is 0 Å². The fraction of sp³-hybridized carbons (Fsp3) is 0.417. The molecule has 0 radical (unpaired) electrons. The van der Waals surface area contributed by atoms with Crippen molar-refractivity contribution in [1.82, 2.24) is 20.5 Å². The number of hydrogen-bond donors (Lipinski definition) is 1. The Hall–Kier alpha value is -1.33. The van der Waals surface area contributed by atoms with E-state index in [1.807, 2.05) is 25.1 Å². The van der Waals surface area contributed by atoms with Gasteiger partial charge in [-0.2, -0.15) is 0 Å². The Morgan fingerprint density at radius 3 is 2.94 bits per heavy atom. The molecule has 4 nitrogen and oxygen atoms in total. The molecule has 0 amide bonds. The Labute approximate surface area is 105 Å². The molecule has 0 aliphatic carbocycles. The van der Waals surface area contributed by atoms with Gasteiger partial charge in [0.1, 0.15) is 10.7 Å². The molecular formula is C12H16N4S. The number of likely N-dealkylation sites (N-methyl/N-ethyl adjacent to an activating group) is 1. The minimum atomic E-state index is 0.903. The molecule has 0 spiro atoms. The number of hydrogen-bond acceptors (Lipinski definition) is 5. The van der Waals surface area contributed by atoms with Crippen LogP contribution in [-0.2, 0) is 6.42 Å². The van der Waals surface area contributed by atoms with Gasteiger partial charge >= 0.3 is 0 Å². The number of rotatable bonds is 5. The van der Waals surface area contributed by atoms with Gasteiger partial charge in [-0.15, -0.1) is 10.2 Å². The van der Waals surface area contributed by atoms with Crippen LogP contribution < -0.4 is 5.32 Å². The monoisotopic (exact) mass is 248 g/mol. The molecule has 0 aliphatic heterocycles. The molecule has 2 aromatic rings. The zero-order valence-electron chi connectivity index (χ0n) is 10.1. The Balaban J connectivity index is 2.07. The molecule has 17 heavy (non-hydrogen) atoms. The lowest BCUT2D eigenvalue weighted by atomic mass is 10.3. The summed E-state index contributed by atoms with van der Waals surface area (Å²) in [6, 6.07) is 5.95. The highest BCUT2D eigenvalue weighted by Crippen LogP contribution is 2.21. The predicted octanol–water partition coefficient (Wildman–Crippen LogP) is 2.06. The van der Waals surface area contributed by atoms with Crippen LogP contribution in [0.2, 0.25) is 0 Å². The quantitative estimate of drug-likeness (QED) is 0.823. The molecule has 0 saturated heterocycles. The van der Waals surface area contributed by atoms with E-state index in [1.165, 1.54) is 0 Å². The number of aryl methyl sites for hydroxylation is 1. The lowest BCUT2D eigenvalue weighted by Gasteiger charge is -1.96. The van der Waals surface area contributed by atoms with Crippen molar-refractivity contribution in [3.05, 3.63) is 28.9 Å². The zero-order chi connectivity index (χ0) is 12.1. The summed E-state index contributed by atoms with van der Waals surface area (Å²) < 4.78 is 0. The molecule has 90 valence electrons. The summed E-state index contributed by atoms with van der Waals surface area (Å²) in [5, 5.41) is 13.6. The molecular weight excluding hydrogens is 232 g/mol. The molecule has 0 saturated carbocycles. The molecule has 2 rings (SSSR count). The van der Waals surface area contributed by atoms with E-state index in [-0.39, 0.29) is 0 Å². The van der Waals surface area contributed by atoms with Crippen LogP contribution in [0.4, 0.5) is 0 Å². The van der Waals surface area contributed by atoms with Crippen LogP contribution in [0.15, 0.2) is 18.2 Å². The molecule has 0 aromatic carbocycles. The van der Waals surface area contributed by atoms with Crippen molar-refractivity contribution in [2.24, 2.45) is 0 Å². The second-order valence-corrected chi connectivity index (χ2v) is 4.83.